The lowest BCUT2D eigenvalue weighted by Crippen LogP contribution is -2.40. The van der Waals surface area contributed by atoms with Crippen molar-refractivity contribution in [2.75, 3.05) is 26.2 Å². The van der Waals surface area contributed by atoms with Gasteiger partial charge in [-0.15, -0.1) is 24.0 Å². The van der Waals surface area contributed by atoms with Crippen LogP contribution in [0.2, 0.25) is 0 Å². The number of benzene rings is 2. The summed E-state index contributed by atoms with van der Waals surface area (Å²) in [5, 5.41) is 6.73. The Morgan fingerprint density at radius 1 is 1.10 bits per heavy atom. The van der Waals surface area contributed by atoms with Crippen LogP contribution in [0.3, 0.4) is 0 Å². The highest BCUT2D eigenvalue weighted by Crippen LogP contribution is 2.17. The van der Waals surface area contributed by atoms with Gasteiger partial charge in [-0.3, -0.25) is 4.79 Å². The lowest BCUT2D eigenvalue weighted by molar-refractivity contribution is -0.127. The highest BCUT2D eigenvalue weighted by molar-refractivity contribution is 14.0. The zero-order valence-corrected chi connectivity index (χ0v) is 20.3. The summed E-state index contributed by atoms with van der Waals surface area (Å²) in [6, 6.07) is 18.7. The van der Waals surface area contributed by atoms with E-state index in [1.54, 1.807) is 0 Å². The molecule has 2 aromatic rings. The van der Waals surface area contributed by atoms with Crippen molar-refractivity contribution in [1.29, 1.82) is 0 Å². The number of nitrogens with zero attached hydrogens (tertiary/aromatic N) is 2. The van der Waals surface area contributed by atoms with Crippen LogP contribution in [0.4, 0.5) is 0 Å². The highest BCUT2D eigenvalue weighted by Gasteiger charge is 2.29. The summed E-state index contributed by atoms with van der Waals surface area (Å²) in [6.45, 7) is 8.00. The molecule has 0 saturated carbocycles. The van der Waals surface area contributed by atoms with Gasteiger partial charge in [-0.2, -0.15) is 0 Å². The van der Waals surface area contributed by atoms with Crippen molar-refractivity contribution in [3.63, 3.8) is 0 Å². The molecule has 0 bridgehead atoms. The van der Waals surface area contributed by atoms with E-state index in [2.05, 4.69) is 48.7 Å². The van der Waals surface area contributed by atoms with Crippen LogP contribution >= 0.6 is 24.0 Å². The molecule has 5 nitrogen and oxygen atoms in total. The lowest BCUT2D eigenvalue weighted by atomic mass is 10.1. The van der Waals surface area contributed by atoms with Crippen molar-refractivity contribution in [3.05, 3.63) is 71.3 Å². The maximum atomic E-state index is 12.4. The van der Waals surface area contributed by atoms with Gasteiger partial charge in [0.25, 0.3) is 0 Å². The van der Waals surface area contributed by atoms with E-state index in [1.165, 1.54) is 16.7 Å². The number of hydrogen-bond donors (Lipinski definition) is 2. The van der Waals surface area contributed by atoms with Crippen molar-refractivity contribution in [2.24, 2.45) is 10.9 Å². The zero-order valence-electron chi connectivity index (χ0n) is 17.9. The Balaban J connectivity index is 0.00000320. The fourth-order valence-electron chi connectivity index (χ4n) is 3.65. The molecule has 0 radical (unpaired) electrons. The quantitative estimate of drug-likeness (QED) is 0.317. The smallest absolute Gasteiger partial charge is 0.223 e. The zero-order chi connectivity index (χ0) is 20.5. The van der Waals surface area contributed by atoms with E-state index in [9.17, 15) is 4.79 Å². The van der Waals surface area contributed by atoms with E-state index in [-0.39, 0.29) is 29.9 Å². The Morgan fingerprint density at radius 3 is 2.57 bits per heavy atom. The number of hydrogen-bond acceptors (Lipinski definition) is 2. The first-order valence-electron chi connectivity index (χ1n) is 10.5. The molecule has 0 aliphatic carbocycles. The van der Waals surface area contributed by atoms with Gasteiger partial charge in [0.2, 0.25) is 5.91 Å². The van der Waals surface area contributed by atoms with Crippen LogP contribution in [0.25, 0.3) is 0 Å². The standard InChI is InChI=1S/C24H32N4O.HI/c1-3-25-24(27-17-22-12-8-7-9-19(22)2)26-16-21-15-23(29)28(18-21)14-13-20-10-5-4-6-11-20;/h4-12,21H,3,13-18H2,1-2H3,(H2,25,26,27);1H. The molecule has 2 N–H and O–H groups in total. The third kappa shape index (κ3) is 7.31. The van der Waals surface area contributed by atoms with Crippen LogP contribution in [0.5, 0.6) is 0 Å². The molecule has 1 amide bonds. The molecular weight excluding hydrogens is 487 g/mol. The van der Waals surface area contributed by atoms with Crippen molar-refractivity contribution in [2.45, 2.75) is 33.2 Å². The van der Waals surface area contributed by atoms with Crippen LogP contribution in [-0.2, 0) is 17.8 Å². The summed E-state index contributed by atoms with van der Waals surface area (Å²) in [5.74, 6) is 1.39. The first kappa shape index (κ1) is 24.2. The average Bonchev–Trinajstić information content (AvgIpc) is 3.10. The Kier molecular flexibility index (Phi) is 10.1. The first-order valence-corrected chi connectivity index (χ1v) is 10.5. The fourth-order valence-corrected chi connectivity index (χ4v) is 3.65. The number of carbonyl (C=O) groups excluding carboxylic acids is 1. The molecule has 0 spiro atoms. The number of nitrogens with one attached hydrogen (secondary N) is 2. The van der Waals surface area contributed by atoms with Gasteiger partial charge < -0.3 is 15.5 Å². The lowest BCUT2D eigenvalue weighted by Gasteiger charge is -2.18. The number of aliphatic imine (C=N–C) groups is 1. The third-order valence-corrected chi connectivity index (χ3v) is 5.38. The summed E-state index contributed by atoms with van der Waals surface area (Å²) in [6.07, 6.45) is 1.52. The molecule has 30 heavy (non-hydrogen) atoms. The Hall–Kier alpha value is -2.09. The van der Waals surface area contributed by atoms with Crippen LogP contribution in [0.15, 0.2) is 59.6 Å². The van der Waals surface area contributed by atoms with Crippen LogP contribution < -0.4 is 10.6 Å². The minimum atomic E-state index is 0. The van der Waals surface area contributed by atoms with Gasteiger partial charge in [-0.25, -0.2) is 4.99 Å². The minimum Gasteiger partial charge on any atom is -0.357 e. The highest BCUT2D eigenvalue weighted by atomic mass is 127. The number of aryl methyl sites for hydroxylation is 1. The van der Waals surface area contributed by atoms with E-state index in [4.69, 9.17) is 4.99 Å². The van der Waals surface area contributed by atoms with Crippen molar-refractivity contribution >= 4 is 35.8 Å². The summed E-state index contributed by atoms with van der Waals surface area (Å²) in [7, 11) is 0. The Bertz CT molecular complexity index is 825. The number of rotatable bonds is 8. The SMILES string of the molecule is CCNC(=NCc1ccccc1C)NCC1CC(=O)N(CCc2ccccc2)C1.I. The van der Waals surface area contributed by atoms with Gasteiger partial charge >= 0.3 is 0 Å². The van der Waals surface area contributed by atoms with Crippen molar-refractivity contribution < 1.29 is 4.79 Å². The fraction of sp³-hybridized carbons (Fsp3) is 0.417. The van der Waals surface area contributed by atoms with E-state index >= 15 is 0 Å². The number of likely N-dealkylation sites (tertiary alicyclic amines) is 1. The van der Waals surface area contributed by atoms with Crippen molar-refractivity contribution in [3.8, 4) is 0 Å². The summed E-state index contributed by atoms with van der Waals surface area (Å²) >= 11 is 0. The summed E-state index contributed by atoms with van der Waals surface area (Å²) < 4.78 is 0. The predicted octanol–water partition coefficient (Wildman–Crippen LogP) is 3.76. The second-order valence-electron chi connectivity index (χ2n) is 7.65. The molecule has 1 unspecified atom stereocenters. The normalized spacial score (nSPS) is 16.3. The summed E-state index contributed by atoms with van der Waals surface area (Å²) in [4.78, 5) is 19.1. The monoisotopic (exact) mass is 520 g/mol. The van der Waals surface area contributed by atoms with Gasteiger partial charge in [0.1, 0.15) is 0 Å². The van der Waals surface area contributed by atoms with E-state index in [0.29, 0.717) is 18.9 Å². The van der Waals surface area contributed by atoms with E-state index in [0.717, 1.165) is 38.6 Å². The molecule has 1 aliphatic heterocycles. The van der Waals surface area contributed by atoms with Gasteiger partial charge in [-0.1, -0.05) is 54.6 Å². The van der Waals surface area contributed by atoms with E-state index < -0.39 is 0 Å². The molecule has 2 aromatic carbocycles. The molecule has 1 heterocycles. The first-order chi connectivity index (χ1) is 14.2. The van der Waals surface area contributed by atoms with Gasteiger partial charge in [0.05, 0.1) is 6.54 Å². The molecule has 6 heteroatoms. The summed E-state index contributed by atoms with van der Waals surface area (Å²) in [5.41, 5.74) is 3.76. The molecule has 1 atom stereocenters. The predicted molar refractivity (Wildman–Crippen MR) is 134 cm³/mol. The van der Waals surface area contributed by atoms with Gasteiger partial charge in [0.15, 0.2) is 5.96 Å². The van der Waals surface area contributed by atoms with Gasteiger partial charge in [0, 0.05) is 38.5 Å². The van der Waals surface area contributed by atoms with Crippen molar-refractivity contribution in [1.82, 2.24) is 15.5 Å². The number of guanidine groups is 1. The molecule has 3 rings (SSSR count). The third-order valence-electron chi connectivity index (χ3n) is 5.38. The van der Waals surface area contributed by atoms with Crippen LogP contribution in [0.1, 0.15) is 30.0 Å². The second-order valence-corrected chi connectivity index (χ2v) is 7.65. The molecule has 1 saturated heterocycles. The maximum absolute atomic E-state index is 12.4. The topological polar surface area (TPSA) is 56.7 Å². The Morgan fingerprint density at radius 2 is 1.83 bits per heavy atom. The molecular formula is C24H33IN4O. The van der Waals surface area contributed by atoms with Crippen LogP contribution in [0, 0.1) is 12.8 Å². The molecule has 1 fully saturated rings. The minimum absolute atomic E-state index is 0. The average molecular weight is 520 g/mol. The Labute approximate surface area is 197 Å². The molecule has 0 aromatic heterocycles. The molecule has 162 valence electrons. The second kappa shape index (κ2) is 12.6. The number of amides is 1. The van der Waals surface area contributed by atoms with E-state index in [1.807, 2.05) is 35.2 Å². The number of halogens is 1. The number of carbonyl (C=O) groups is 1. The largest absolute Gasteiger partial charge is 0.357 e. The van der Waals surface area contributed by atoms with Gasteiger partial charge in [-0.05, 0) is 37.0 Å². The molecule has 1 aliphatic rings. The maximum Gasteiger partial charge on any atom is 0.223 e. The van der Waals surface area contributed by atoms with Crippen LogP contribution in [-0.4, -0.2) is 42.9 Å².